The van der Waals surface area contributed by atoms with E-state index in [0.717, 1.165) is 24.5 Å². The van der Waals surface area contributed by atoms with Gasteiger partial charge in [-0.3, -0.25) is 9.48 Å². The van der Waals surface area contributed by atoms with E-state index >= 15 is 0 Å². The van der Waals surface area contributed by atoms with Crippen molar-refractivity contribution in [3.63, 3.8) is 0 Å². The Morgan fingerprint density at radius 3 is 2.52 bits per heavy atom. The number of ether oxygens (including phenoxy) is 1. The van der Waals surface area contributed by atoms with Crippen molar-refractivity contribution < 1.29 is 22.7 Å². The molecule has 0 N–H and O–H groups in total. The number of likely N-dealkylation sites (tertiary alicyclic amines) is 1. The highest BCUT2D eigenvalue weighted by atomic mass is 19.4. The number of halogens is 3. The number of benzene rings is 1. The standard InChI is InChI=1S/C17H18F3N3O2/c1-22-15(17(18,19)20)10-13(21-22)16(24)23-9-3-4-14(23)11-5-7-12(25-2)8-6-11/h5-8,10,14H,3-4,9H2,1-2H3/t14-/m0/s1. The summed E-state index contributed by atoms with van der Waals surface area (Å²) in [6, 6.07) is 7.99. The van der Waals surface area contributed by atoms with Crippen molar-refractivity contribution in [1.29, 1.82) is 0 Å². The number of aryl methyl sites for hydroxylation is 1. The monoisotopic (exact) mass is 353 g/mol. The van der Waals surface area contributed by atoms with Crippen LogP contribution in [-0.4, -0.2) is 34.2 Å². The van der Waals surface area contributed by atoms with E-state index in [2.05, 4.69) is 5.10 Å². The fourth-order valence-corrected chi connectivity index (χ4v) is 3.17. The van der Waals surface area contributed by atoms with Gasteiger partial charge in [-0.05, 0) is 30.5 Å². The van der Waals surface area contributed by atoms with E-state index in [0.29, 0.717) is 17.0 Å². The third kappa shape index (κ3) is 3.33. The van der Waals surface area contributed by atoms with Crippen LogP contribution in [0.15, 0.2) is 30.3 Å². The van der Waals surface area contributed by atoms with Crippen molar-refractivity contribution in [2.24, 2.45) is 7.05 Å². The predicted octanol–water partition coefficient (Wildman–Crippen LogP) is 3.42. The predicted molar refractivity (Wildman–Crippen MR) is 84.2 cm³/mol. The fraction of sp³-hybridized carbons (Fsp3) is 0.412. The highest BCUT2D eigenvalue weighted by Crippen LogP contribution is 2.35. The molecule has 0 saturated carbocycles. The van der Waals surface area contributed by atoms with Crippen LogP contribution in [0.3, 0.4) is 0 Å². The number of amides is 1. The van der Waals surface area contributed by atoms with E-state index < -0.39 is 17.8 Å². The van der Waals surface area contributed by atoms with Crippen LogP contribution in [0.25, 0.3) is 0 Å². The summed E-state index contributed by atoms with van der Waals surface area (Å²) in [5.41, 5.74) is -0.190. The summed E-state index contributed by atoms with van der Waals surface area (Å²) in [5, 5.41) is 3.76. The molecule has 2 heterocycles. The van der Waals surface area contributed by atoms with Crippen molar-refractivity contribution >= 4 is 5.91 Å². The highest BCUT2D eigenvalue weighted by Gasteiger charge is 2.38. The third-order valence-electron chi connectivity index (χ3n) is 4.40. The SMILES string of the molecule is COc1ccc([C@@H]2CCCN2C(=O)c2cc(C(F)(F)F)n(C)n2)cc1. The molecule has 1 aliphatic rings. The Hall–Kier alpha value is -2.51. The Morgan fingerprint density at radius 1 is 1.28 bits per heavy atom. The van der Waals surface area contributed by atoms with E-state index in [1.165, 1.54) is 7.05 Å². The molecule has 0 unspecified atom stereocenters. The van der Waals surface area contributed by atoms with Gasteiger partial charge in [0, 0.05) is 19.7 Å². The molecule has 8 heteroatoms. The molecule has 1 aliphatic heterocycles. The summed E-state index contributed by atoms with van der Waals surface area (Å²) in [7, 11) is 2.75. The first-order valence-electron chi connectivity index (χ1n) is 7.87. The minimum atomic E-state index is -4.54. The molecule has 0 radical (unpaired) electrons. The number of aromatic nitrogens is 2. The van der Waals surface area contributed by atoms with Crippen LogP contribution in [0.2, 0.25) is 0 Å². The molecule has 1 aromatic carbocycles. The molecular formula is C17H18F3N3O2. The first-order chi connectivity index (χ1) is 11.8. The molecule has 1 saturated heterocycles. The molecule has 0 bridgehead atoms. The summed E-state index contributed by atoms with van der Waals surface area (Å²) in [4.78, 5) is 14.3. The zero-order chi connectivity index (χ0) is 18.2. The summed E-state index contributed by atoms with van der Waals surface area (Å²) >= 11 is 0. The van der Waals surface area contributed by atoms with E-state index in [4.69, 9.17) is 4.74 Å². The number of rotatable bonds is 3. The lowest BCUT2D eigenvalue weighted by molar-refractivity contribution is -0.143. The number of methoxy groups -OCH3 is 1. The number of alkyl halides is 3. The third-order valence-corrected chi connectivity index (χ3v) is 4.40. The van der Waals surface area contributed by atoms with Crippen LogP contribution in [0.1, 0.15) is 40.6 Å². The number of hydrogen-bond acceptors (Lipinski definition) is 3. The lowest BCUT2D eigenvalue weighted by Gasteiger charge is -2.24. The molecule has 3 rings (SSSR count). The number of hydrogen-bond donors (Lipinski definition) is 0. The normalized spacial score (nSPS) is 17.8. The van der Waals surface area contributed by atoms with Crippen molar-refractivity contribution in [2.75, 3.05) is 13.7 Å². The van der Waals surface area contributed by atoms with Gasteiger partial charge < -0.3 is 9.64 Å². The van der Waals surface area contributed by atoms with Gasteiger partial charge in [0.25, 0.3) is 5.91 Å². The van der Waals surface area contributed by atoms with Crippen molar-refractivity contribution in [3.05, 3.63) is 47.3 Å². The Bertz CT molecular complexity index is 768. The maximum Gasteiger partial charge on any atom is 0.433 e. The second-order valence-electron chi connectivity index (χ2n) is 5.97. The minimum absolute atomic E-state index is 0.172. The second kappa shape index (κ2) is 6.42. The van der Waals surface area contributed by atoms with Gasteiger partial charge in [0.2, 0.25) is 0 Å². The number of carbonyl (C=O) groups excluding carboxylic acids is 1. The molecule has 1 fully saturated rings. The molecule has 1 aromatic heterocycles. The Morgan fingerprint density at radius 2 is 1.96 bits per heavy atom. The highest BCUT2D eigenvalue weighted by molar-refractivity contribution is 5.93. The Labute approximate surface area is 143 Å². The average molecular weight is 353 g/mol. The second-order valence-corrected chi connectivity index (χ2v) is 5.97. The van der Waals surface area contributed by atoms with Crippen LogP contribution in [0, 0.1) is 0 Å². The van der Waals surface area contributed by atoms with Crippen LogP contribution < -0.4 is 4.74 Å². The molecule has 25 heavy (non-hydrogen) atoms. The van der Waals surface area contributed by atoms with E-state index in [1.54, 1.807) is 24.1 Å². The first-order valence-corrected chi connectivity index (χ1v) is 7.87. The molecule has 5 nitrogen and oxygen atoms in total. The lowest BCUT2D eigenvalue weighted by atomic mass is 10.0. The average Bonchev–Trinajstić information content (AvgIpc) is 3.20. The molecular weight excluding hydrogens is 335 g/mol. The molecule has 2 aromatic rings. The quantitative estimate of drug-likeness (QED) is 0.849. The molecule has 0 aliphatic carbocycles. The van der Waals surface area contributed by atoms with E-state index in [9.17, 15) is 18.0 Å². The van der Waals surface area contributed by atoms with Gasteiger partial charge >= 0.3 is 6.18 Å². The smallest absolute Gasteiger partial charge is 0.433 e. The number of carbonyl (C=O) groups is 1. The van der Waals surface area contributed by atoms with Gasteiger partial charge in [0.1, 0.15) is 11.4 Å². The molecule has 1 atom stereocenters. The van der Waals surface area contributed by atoms with Crippen molar-refractivity contribution in [3.8, 4) is 5.75 Å². The van der Waals surface area contributed by atoms with Crippen molar-refractivity contribution in [1.82, 2.24) is 14.7 Å². The van der Waals surface area contributed by atoms with Gasteiger partial charge in [-0.2, -0.15) is 18.3 Å². The topological polar surface area (TPSA) is 47.4 Å². The fourth-order valence-electron chi connectivity index (χ4n) is 3.17. The van der Waals surface area contributed by atoms with E-state index in [1.807, 2.05) is 12.1 Å². The van der Waals surface area contributed by atoms with Gasteiger partial charge in [-0.15, -0.1) is 0 Å². The van der Waals surface area contributed by atoms with Gasteiger partial charge in [0.05, 0.1) is 13.2 Å². The lowest BCUT2D eigenvalue weighted by Crippen LogP contribution is -2.31. The van der Waals surface area contributed by atoms with E-state index in [-0.39, 0.29) is 11.7 Å². The van der Waals surface area contributed by atoms with Gasteiger partial charge in [0.15, 0.2) is 5.69 Å². The number of nitrogens with zero attached hydrogens (tertiary/aromatic N) is 3. The van der Waals surface area contributed by atoms with Crippen LogP contribution >= 0.6 is 0 Å². The summed E-state index contributed by atoms with van der Waals surface area (Å²) < 4.78 is 44.6. The van der Waals surface area contributed by atoms with Crippen LogP contribution in [0.5, 0.6) is 5.75 Å². The maximum absolute atomic E-state index is 12.9. The van der Waals surface area contributed by atoms with Crippen molar-refractivity contribution in [2.45, 2.75) is 25.1 Å². The Balaban J connectivity index is 1.85. The van der Waals surface area contributed by atoms with Gasteiger partial charge in [-0.25, -0.2) is 0 Å². The first kappa shape index (κ1) is 17.3. The summed E-state index contributed by atoms with van der Waals surface area (Å²) in [5.74, 6) is 0.226. The minimum Gasteiger partial charge on any atom is -0.497 e. The zero-order valence-corrected chi connectivity index (χ0v) is 13.9. The summed E-state index contributed by atoms with van der Waals surface area (Å²) in [6.45, 7) is 0.494. The Kier molecular flexibility index (Phi) is 4.45. The molecule has 134 valence electrons. The van der Waals surface area contributed by atoms with Crippen LogP contribution in [0.4, 0.5) is 13.2 Å². The molecule has 0 spiro atoms. The molecule has 1 amide bonds. The largest absolute Gasteiger partial charge is 0.497 e. The zero-order valence-electron chi connectivity index (χ0n) is 13.9. The summed E-state index contributed by atoms with van der Waals surface area (Å²) in [6.07, 6.45) is -2.99. The maximum atomic E-state index is 12.9. The van der Waals surface area contributed by atoms with Crippen LogP contribution in [-0.2, 0) is 13.2 Å². The van der Waals surface area contributed by atoms with Gasteiger partial charge in [-0.1, -0.05) is 12.1 Å².